The quantitative estimate of drug-likeness (QED) is 0.708. The molecule has 0 aliphatic carbocycles. The number of nitrogens with zero attached hydrogens (tertiary/aromatic N) is 3. The summed E-state index contributed by atoms with van der Waals surface area (Å²) in [5.74, 6) is -1.99. The molecule has 0 spiro atoms. The Kier molecular flexibility index (Phi) is 4.19. The number of rotatable bonds is 3. The van der Waals surface area contributed by atoms with Gasteiger partial charge in [0.2, 0.25) is 5.91 Å². The van der Waals surface area contributed by atoms with E-state index in [-0.39, 0.29) is 17.4 Å². The number of benzene rings is 2. The lowest BCUT2D eigenvalue weighted by molar-refractivity contribution is -0.122. The van der Waals surface area contributed by atoms with Gasteiger partial charge in [-0.15, -0.1) is 0 Å². The lowest BCUT2D eigenvalue weighted by atomic mass is 9.95. The average molecular weight is 426 g/mol. The molecular weight excluding hydrogens is 410 g/mol. The molecule has 1 fully saturated rings. The highest BCUT2D eigenvalue weighted by Crippen LogP contribution is 2.39. The van der Waals surface area contributed by atoms with Crippen LogP contribution in [0.5, 0.6) is 0 Å². The highest BCUT2D eigenvalue weighted by atomic mass is 79.9. The molecule has 0 saturated carbocycles. The minimum absolute atomic E-state index is 0.126. The Morgan fingerprint density at radius 3 is 2.33 bits per heavy atom. The Morgan fingerprint density at radius 1 is 1.04 bits per heavy atom. The Hall–Kier alpha value is -2.80. The van der Waals surface area contributed by atoms with Crippen molar-refractivity contribution in [1.82, 2.24) is 0 Å². The summed E-state index contributed by atoms with van der Waals surface area (Å²) in [5, 5.41) is 5.89. The van der Waals surface area contributed by atoms with Crippen LogP contribution in [0.2, 0.25) is 0 Å². The summed E-state index contributed by atoms with van der Waals surface area (Å²) in [6.45, 7) is 3.27. The molecule has 2 aliphatic heterocycles. The van der Waals surface area contributed by atoms with E-state index >= 15 is 0 Å². The van der Waals surface area contributed by atoms with Crippen LogP contribution in [0.25, 0.3) is 0 Å². The molecule has 1 saturated heterocycles. The Bertz CT molecular complexity index is 1000. The summed E-state index contributed by atoms with van der Waals surface area (Å²) < 4.78 is 0.845. The van der Waals surface area contributed by atoms with Crippen LogP contribution in [0.4, 0.5) is 11.4 Å². The van der Waals surface area contributed by atoms with Crippen molar-refractivity contribution in [2.24, 2.45) is 11.0 Å². The van der Waals surface area contributed by atoms with E-state index in [0.717, 1.165) is 14.9 Å². The Labute approximate surface area is 164 Å². The summed E-state index contributed by atoms with van der Waals surface area (Å²) in [5.41, 5.74) is 2.23. The lowest BCUT2D eigenvalue weighted by Crippen LogP contribution is -2.39. The van der Waals surface area contributed by atoms with Gasteiger partial charge in [-0.05, 0) is 42.8 Å². The molecule has 7 heteroatoms. The van der Waals surface area contributed by atoms with Gasteiger partial charge in [0.15, 0.2) is 5.78 Å². The van der Waals surface area contributed by atoms with Gasteiger partial charge in [0.25, 0.3) is 5.91 Å². The second-order valence-corrected chi connectivity index (χ2v) is 7.50. The number of hydrazone groups is 1. The third-order valence-electron chi connectivity index (χ3n) is 4.86. The van der Waals surface area contributed by atoms with Crippen LogP contribution >= 0.6 is 15.9 Å². The Morgan fingerprint density at radius 2 is 1.70 bits per heavy atom. The number of halogens is 1. The number of hydrogen-bond donors (Lipinski definition) is 0. The molecule has 0 N–H and O–H groups in total. The third kappa shape index (κ3) is 2.70. The number of carbonyl (C=O) groups excluding carboxylic acids is 3. The number of para-hydroxylation sites is 1. The molecule has 2 amide bonds. The molecule has 0 aromatic heterocycles. The van der Waals surface area contributed by atoms with Gasteiger partial charge in [-0.3, -0.25) is 19.4 Å². The molecule has 0 radical (unpaired) electrons. The van der Waals surface area contributed by atoms with Crippen molar-refractivity contribution in [1.29, 1.82) is 0 Å². The zero-order valence-corrected chi connectivity index (χ0v) is 16.3. The fourth-order valence-corrected chi connectivity index (χ4v) is 3.83. The van der Waals surface area contributed by atoms with Crippen molar-refractivity contribution in [2.45, 2.75) is 19.9 Å². The highest BCUT2D eigenvalue weighted by Gasteiger charge is 2.58. The van der Waals surface area contributed by atoms with E-state index in [4.69, 9.17) is 0 Å². The van der Waals surface area contributed by atoms with E-state index in [1.807, 2.05) is 31.2 Å². The van der Waals surface area contributed by atoms with Gasteiger partial charge in [0, 0.05) is 11.4 Å². The van der Waals surface area contributed by atoms with E-state index in [2.05, 4.69) is 21.0 Å². The van der Waals surface area contributed by atoms with Crippen molar-refractivity contribution in [3.05, 3.63) is 58.6 Å². The molecule has 0 unspecified atom stereocenters. The zero-order valence-electron chi connectivity index (χ0n) is 14.7. The molecule has 2 heterocycles. The maximum absolute atomic E-state index is 13.2. The first-order valence-electron chi connectivity index (χ1n) is 8.48. The van der Waals surface area contributed by atoms with Gasteiger partial charge in [-0.2, -0.15) is 5.10 Å². The smallest absolute Gasteiger partial charge is 0.259 e. The molecule has 4 rings (SSSR count). The van der Waals surface area contributed by atoms with Gasteiger partial charge in [0.05, 0.1) is 11.4 Å². The zero-order chi connectivity index (χ0) is 19.3. The first kappa shape index (κ1) is 17.6. The highest BCUT2D eigenvalue weighted by molar-refractivity contribution is 9.10. The van der Waals surface area contributed by atoms with E-state index in [1.54, 1.807) is 24.3 Å². The summed E-state index contributed by atoms with van der Waals surface area (Å²) in [6.07, 6.45) is 0. The number of aryl methyl sites for hydroxylation is 1. The van der Waals surface area contributed by atoms with Crippen molar-refractivity contribution >= 4 is 50.6 Å². The number of Topliss-reactive ketones (excluding diaryl/α,β-unsaturated/α-hetero) is 1. The van der Waals surface area contributed by atoms with Crippen LogP contribution in [-0.4, -0.2) is 29.4 Å². The molecule has 0 bridgehead atoms. The van der Waals surface area contributed by atoms with Gasteiger partial charge in [-0.1, -0.05) is 34.1 Å². The van der Waals surface area contributed by atoms with Crippen molar-refractivity contribution in [2.75, 3.05) is 9.91 Å². The minimum Gasteiger partial charge on any atom is -0.293 e. The number of fused-ring (bicyclic) bond motifs is 1. The molecule has 2 aromatic rings. The minimum atomic E-state index is -0.891. The molecule has 27 heavy (non-hydrogen) atoms. The Balaban J connectivity index is 1.82. The number of ketones is 1. The SMILES string of the molecule is CC(=O)C1=NN(c2ccccc2C)[C@H]2C(=O)N(c3ccc(Br)cc3)C(=O)[C@H]12. The lowest BCUT2D eigenvalue weighted by Gasteiger charge is -2.23. The largest absolute Gasteiger partial charge is 0.293 e. The van der Waals surface area contributed by atoms with Gasteiger partial charge in [-0.25, -0.2) is 4.90 Å². The number of amides is 2. The molecule has 2 aliphatic rings. The maximum Gasteiger partial charge on any atom is 0.259 e. The monoisotopic (exact) mass is 425 g/mol. The van der Waals surface area contributed by atoms with Crippen LogP contribution in [0.15, 0.2) is 58.1 Å². The van der Waals surface area contributed by atoms with Gasteiger partial charge >= 0.3 is 0 Å². The number of hydrogen-bond acceptors (Lipinski definition) is 5. The number of imide groups is 1. The second kappa shape index (κ2) is 6.42. The van der Waals surface area contributed by atoms with E-state index in [9.17, 15) is 14.4 Å². The second-order valence-electron chi connectivity index (χ2n) is 6.58. The molecule has 6 nitrogen and oxygen atoms in total. The fourth-order valence-electron chi connectivity index (χ4n) is 3.57. The molecule has 136 valence electrons. The van der Waals surface area contributed by atoms with Crippen LogP contribution in [-0.2, 0) is 14.4 Å². The fraction of sp³-hybridized carbons (Fsp3) is 0.200. The van der Waals surface area contributed by atoms with Gasteiger partial charge < -0.3 is 0 Å². The molecule has 2 atom stereocenters. The van der Waals surface area contributed by atoms with Crippen LogP contribution in [0.3, 0.4) is 0 Å². The first-order chi connectivity index (χ1) is 12.9. The van der Waals surface area contributed by atoms with Crippen molar-refractivity contribution in [3.8, 4) is 0 Å². The van der Waals surface area contributed by atoms with Crippen molar-refractivity contribution in [3.63, 3.8) is 0 Å². The predicted octanol–water partition coefficient (Wildman–Crippen LogP) is 3.08. The van der Waals surface area contributed by atoms with Crippen LogP contribution in [0.1, 0.15) is 12.5 Å². The van der Waals surface area contributed by atoms with E-state index in [0.29, 0.717) is 11.4 Å². The number of anilines is 2. The normalized spacial score (nSPS) is 21.5. The van der Waals surface area contributed by atoms with E-state index < -0.39 is 17.9 Å². The number of carbonyl (C=O) groups is 3. The standard InChI is InChI=1S/C20H16BrN3O3/c1-11-5-3-4-6-15(11)24-18-16(17(22-24)12(2)25)19(26)23(20(18)27)14-9-7-13(21)8-10-14/h3-10,16,18H,1-2H3/t16-,18-/m1/s1. The summed E-state index contributed by atoms with van der Waals surface area (Å²) in [4.78, 5) is 39.6. The summed E-state index contributed by atoms with van der Waals surface area (Å²) in [7, 11) is 0. The van der Waals surface area contributed by atoms with Gasteiger partial charge in [0.1, 0.15) is 17.7 Å². The van der Waals surface area contributed by atoms with Crippen LogP contribution in [0, 0.1) is 12.8 Å². The summed E-state index contributed by atoms with van der Waals surface area (Å²) >= 11 is 3.35. The average Bonchev–Trinajstić information content (AvgIpc) is 3.14. The third-order valence-corrected chi connectivity index (χ3v) is 5.39. The van der Waals surface area contributed by atoms with Crippen LogP contribution < -0.4 is 9.91 Å². The molecular formula is C20H16BrN3O3. The summed E-state index contributed by atoms with van der Waals surface area (Å²) in [6, 6.07) is 13.5. The maximum atomic E-state index is 13.2. The van der Waals surface area contributed by atoms with E-state index in [1.165, 1.54) is 11.9 Å². The topological polar surface area (TPSA) is 70.1 Å². The molecule has 2 aromatic carbocycles. The van der Waals surface area contributed by atoms with Crippen molar-refractivity contribution < 1.29 is 14.4 Å². The first-order valence-corrected chi connectivity index (χ1v) is 9.27. The predicted molar refractivity (Wildman–Crippen MR) is 106 cm³/mol.